The minimum Gasteiger partial charge on any atom is -0.396 e. The zero-order valence-electron chi connectivity index (χ0n) is 10.7. The molecule has 0 amide bonds. The van der Waals surface area contributed by atoms with Crippen LogP contribution in [0.5, 0.6) is 0 Å². The average molecular weight is 226 g/mol. The normalized spacial score (nSPS) is 39.4. The van der Waals surface area contributed by atoms with Crippen LogP contribution in [0.25, 0.3) is 0 Å². The Kier molecular flexibility index (Phi) is 3.57. The molecular formula is C13H26N2O. The second-order valence-electron chi connectivity index (χ2n) is 6.41. The lowest BCUT2D eigenvalue weighted by atomic mass is 9.85. The van der Waals surface area contributed by atoms with Gasteiger partial charge in [-0.2, -0.15) is 0 Å². The van der Waals surface area contributed by atoms with E-state index in [0.29, 0.717) is 29.9 Å². The molecule has 3 N–H and O–H groups in total. The van der Waals surface area contributed by atoms with Gasteiger partial charge in [-0.05, 0) is 43.1 Å². The van der Waals surface area contributed by atoms with Gasteiger partial charge in [-0.1, -0.05) is 13.8 Å². The second kappa shape index (κ2) is 4.63. The van der Waals surface area contributed by atoms with Gasteiger partial charge in [0.25, 0.3) is 0 Å². The van der Waals surface area contributed by atoms with Crippen LogP contribution in [-0.4, -0.2) is 42.3 Å². The first kappa shape index (κ1) is 12.3. The first-order chi connectivity index (χ1) is 7.53. The highest BCUT2D eigenvalue weighted by Gasteiger charge is 2.40. The summed E-state index contributed by atoms with van der Waals surface area (Å²) in [6, 6.07) is 0.348. The third-order valence-corrected chi connectivity index (χ3v) is 4.69. The molecule has 1 saturated carbocycles. The zero-order valence-corrected chi connectivity index (χ0v) is 10.7. The van der Waals surface area contributed by atoms with Crippen molar-refractivity contribution in [3.05, 3.63) is 0 Å². The Balaban J connectivity index is 1.83. The average Bonchev–Trinajstić information content (AvgIpc) is 2.79. The number of aliphatic hydroxyl groups excluding tert-OH is 1. The van der Waals surface area contributed by atoms with E-state index in [9.17, 15) is 0 Å². The predicted molar refractivity (Wildman–Crippen MR) is 66.1 cm³/mol. The van der Waals surface area contributed by atoms with Crippen LogP contribution < -0.4 is 5.73 Å². The highest BCUT2D eigenvalue weighted by molar-refractivity contribution is 4.95. The van der Waals surface area contributed by atoms with Gasteiger partial charge in [0.1, 0.15) is 0 Å². The number of hydrogen-bond donors (Lipinski definition) is 2. The lowest BCUT2D eigenvalue weighted by Crippen LogP contribution is -2.41. The molecule has 2 rings (SSSR count). The molecule has 0 bridgehead atoms. The Morgan fingerprint density at radius 2 is 2.12 bits per heavy atom. The molecule has 0 aromatic rings. The molecule has 3 nitrogen and oxygen atoms in total. The number of nitrogens with zero attached hydrogens (tertiary/aromatic N) is 1. The smallest absolute Gasteiger partial charge is 0.0471 e. The van der Waals surface area contributed by atoms with E-state index in [-0.39, 0.29) is 0 Å². The van der Waals surface area contributed by atoms with Crippen molar-refractivity contribution in [3.63, 3.8) is 0 Å². The van der Waals surface area contributed by atoms with Gasteiger partial charge < -0.3 is 15.7 Å². The molecule has 1 saturated heterocycles. The zero-order chi connectivity index (χ0) is 11.8. The highest BCUT2D eigenvalue weighted by atomic mass is 16.3. The third kappa shape index (κ3) is 2.41. The summed E-state index contributed by atoms with van der Waals surface area (Å²) in [5.41, 5.74) is 6.65. The topological polar surface area (TPSA) is 49.5 Å². The van der Waals surface area contributed by atoms with Crippen molar-refractivity contribution in [1.82, 2.24) is 4.90 Å². The second-order valence-corrected chi connectivity index (χ2v) is 6.41. The maximum atomic E-state index is 9.13. The van der Waals surface area contributed by atoms with Gasteiger partial charge in [0.05, 0.1) is 0 Å². The number of rotatable bonds is 3. The van der Waals surface area contributed by atoms with Crippen LogP contribution in [0.4, 0.5) is 0 Å². The molecule has 0 aromatic heterocycles. The van der Waals surface area contributed by atoms with E-state index in [1.807, 2.05) is 0 Å². The lowest BCUT2D eigenvalue weighted by molar-refractivity contribution is 0.202. The predicted octanol–water partition coefficient (Wildman–Crippen LogP) is 1.06. The number of likely N-dealkylation sites (tertiary alicyclic amines) is 1. The van der Waals surface area contributed by atoms with E-state index >= 15 is 0 Å². The molecule has 3 heteroatoms. The molecule has 1 aliphatic heterocycles. The largest absolute Gasteiger partial charge is 0.396 e. The molecular weight excluding hydrogens is 200 g/mol. The fourth-order valence-electron chi connectivity index (χ4n) is 3.31. The molecule has 3 atom stereocenters. The quantitative estimate of drug-likeness (QED) is 0.756. The van der Waals surface area contributed by atoms with Crippen molar-refractivity contribution in [2.24, 2.45) is 23.0 Å². The summed E-state index contributed by atoms with van der Waals surface area (Å²) in [5, 5.41) is 9.13. The van der Waals surface area contributed by atoms with Crippen molar-refractivity contribution >= 4 is 0 Å². The van der Waals surface area contributed by atoms with Crippen LogP contribution in [0.15, 0.2) is 0 Å². The highest BCUT2D eigenvalue weighted by Crippen LogP contribution is 2.40. The molecule has 0 aromatic carbocycles. The van der Waals surface area contributed by atoms with Crippen molar-refractivity contribution in [2.75, 3.05) is 26.2 Å². The third-order valence-electron chi connectivity index (χ3n) is 4.69. The van der Waals surface area contributed by atoms with Gasteiger partial charge in [0.15, 0.2) is 0 Å². The number of aliphatic hydroxyl groups is 1. The van der Waals surface area contributed by atoms with Crippen molar-refractivity contribution in [1.29, 1.82) is 0 Å². The van der Waals surface area contributed by atoms with Crippen LogP contribution in [0.3, 0.4) is 0 Å². The lowest BCUT2D eigenvalue weighted by Gasteiger charge is -2.29. The van der Waals surface area contributed by atoms with Crippen molar-refractivity contribution < 1.29 is 5.11 Å². The molecule has 16 heavy (non-hydrogen) atoms. The molecule has 2 aliphatic rings. The van der Waals surface area contributed by atoms with Crippen molar-refractivity contribution in [3.8, 4) is 0 Å². The Hall–Kier alpha value is -0.120. The van der Waals surface area contributed by atoms with Crippen molar-refractivity contribution in [2.45, 2.75) is 39.2 Å². The summed E-state index contributed by atoms with van der Waals surface area (Å²) in [7, 11) is 0. The van der Waals surface area contributed by atoms with Crippen LogP contribution >= 0.6 is 0 Å². The van der Waals surface area contributed by atoms with E-state index in [4.69, 9.17) is 10.8 Å². The maximum Gasteiger partial charge on any atom is 0.0471 e. The standard InChI is InChI=1S/C13H26N2O/c1-13(2)5-3-11(12(13)14)8-15-6-4-10(7-15)9-16/h10-12,16H,3-9,14H2,1-2H3. The Bertz CT molecular complexity index is 242. The molecule has 94 valence electrons. The van der Waals surface area contributed by atoms with Gasteiger partial charge in [-0.25, -0.2) is 0 Å². The Morgan fingerprint density at radius 3 is 2.62 bits per heavy atom. The van der Waals surface area contributed by atoms with Gasteiger partial charge in [-0.3, -0.25) is 0 Å². The van der Waals surface area contributed by atoms with Crippen LogP contribution in [0, 0.1) is 17.3 Å². The fraction of sp³-hybridized carbons (Fsp3) is 1.00. The minimum atomic E-state index is 0.320. The summed E-state index contributed by atoms with van der Waals surface area (Å²) in [5.74, 6) is 1.16. The molecule has 0 radical (unpaired) electrons. The summed E-state index contributed by atoms with van der Waals surface area (Å²) in [6.07, 6.45) is 3.69. The SMILES string of the molecule is CC1(C)CCC(CN2CCC(CO)C2)C1N. The number of nitrogens with two attached hydrogens (primary N) is 1. The van der Waals surface area contributed by atoms with Crippen LogP contribution in [0.1, 0.15) is 33.1 Å². The van der Waals surface area contributed by atoms with Crippen LogP contribution in [0.2, 0.25) is 0 Å². The van der Waals surface area contributed by atoms with E-state index < -0.39 is 0 Å². The van der Waals surface area contributed by atoms with Gasteiger partial charge in [0.2, 0.25) is 0 Å². The summed E-state index contributed by atoms with van der Waals surface area (Å²) in [6.45, 7) is 8.28. The van der Waals surface area contributed by atoms with Gasteiger partial charge in [-0.15, -0.1) is 0 Å². The first-order valence-corrected chi connectivity index (χ1v) is 6.62. The number of hydrogen-bond acceptors (Lipinski definition) is 3. The summed E-state index contributed by atoms with van der Waals surface area (Å²) in [4.78, 5) is 2.49. The first-order valence-electron chi connectivity index (χ1n) is 6.62. The van der Waals surface area contributed by atoms with Gasteiger partial charge in [0, 0.05) is 25.7 Å². The summed E-state index contributed by atoms with van der Waals surface area (Å²) < 4.78 is 0. The molecule has 1 aliphatic carbocycles. The van der Waals surface area contributed by atoms with E-state index in [1.165, 1.54) is 12.8 Å². The Labute approximate surface area is 99.0 Å². The molecule has 1 heterocycles. The molecule has 2 fully saturated rings. The Morgan fingerprint density at radius 1 is 1.38 bits per heavy atom. The fourth-order valence-corrected chi connectivity index (χ4v) is 3.31. The summed E-state index contributed by atoms with van der Waals surface area (Å²) >= 11 is 0. The molecule has 0 spiro atoms. The van der Waals surface area contributed by atoms with E-state index in [1.54, 1.807) is 0 Å². The van der Waals surface area contributed by atoms with E-state index in [2.05, 4.69) is 18.7 Å². The maximum absolute atomic E-state index is 9.13. The monoisotopic (exact) mass is 226 g/mol. The van der Waals surface area contributed by atoms with E-state index in [0.717, 1.165) is 26.1 Å². The molecule has 3 unspecified atom stereocenters. The minimum absolute atomic E-state index is 0.320. The van der Waals surface area contributed by atoms with Gasteiger partial charge >= 0.3 is 0 Å². The van der Waals surface area contributed by atoms with Crippen LogP contribution in [-0.2, 0) is 0 Å².